The Labute approximate surface area is 102 Å². The van der Waals surface area contributed by atoms with Gasteiger partial charge < -0.3 is 10.5 Å². The average molecular weight is 246 g/mol. The highest BCUT2D eigenvalue weighted by molar-refractivity contribution is 7.15. The quantitative estimate of drug-likeness (QED) is 0.528. The Morgan fingerprint density at radius 3 is 3.12 bits per heavy atom. The van der Waals surface area contributed by atoms with Crippen LogP contribution >= 0.6 is 11.3 Å². The van der Waals surface area contributed by atoms with Crippen LogP contribution in [0.3, 0.4) is 0 Å². The minimum atomic E-state index is -0.305. The Balaban J connectivity index is 2.12. The number of anilines is 1. The van der Waals surface area contributed by atoms with E-state index in [1.165, 1.54) is 18.3 Å². The number of hydrogen-bond donors (Lipinski definition) is 1. The standard InChI is InChI=1S/C12H10N2O2S/c1-6(15)16-9-4-2-3-7-8(9)5-10-11(7)14-12(13)17-10/h2-4H,5H2,1H3,(H2,13,14). The van der Waals surface area contributed by atoms with E-state index in [0.717, 1.165) is 28.1 Å². The van der Waals surface area contributed by atoms with E-state index >= 15 is 0 Å². The molecule has 0 saturated carbocycles. The molecule has 0 amide bonds. The van der Waals surface area contributed by atoms with Gasteiger partial charge in [0.15, 0.2) is 5.13 Å². The first-order valence-electron chi connectivity index (χ1n) is 5.21. The number of esters is 1. The van der Waals surface area contributed by atoms with Gasteiger partial charge in [0.1, 0.15) is 5.75 Å². The second kappa shape index (κ2) is 3.56. The molecule has 1 heterocycles. The molecule has 0 unspecified atom stereocenters. The molecule has 0 bridgehead atoms. The second-order valence-electron chi connectivity index (χ2n) is 3.88. The van der Waals surface area contributed by atoms with Crippen molar-refractivity contribution in [3.05, 3.63) is 28.6 Å². The smallest absolute Gasteiger partial charge is 0.308 e. The van der Waals surface area contributed by atoms with Gasteiger partial charge in [0.25, 0.3) is 0 Å². The van der Waals surface area contributed by atoms with Crippen molar-refractivity contribution in [3.63, 3.8) is 0 Å². The van der Waals surface area contributed by atoms with Crippen LogP contribution in [0.5, 0.6) is 5.75 Å². The number of hydrogen-bond acceptors (Lipinski definition) is 5. The summed E-state index contributed by atoms with van der Waals surface area (Å²) in [7, 11) is 0. The van der Waals surface area contributed by atoms with Crippen LogP contribution in [0.4, 0.5) is 5.13 Å². The molecule has 0 radical (unpaired) electrons. The fraction of sp³-hybridized carbons (Fsp3) is 0.167. The van der Waals surface area contributed by atoms with Crippen molar-refractivity contribution < 1.29 is 9.53 Å². The molecule has 3 rings (SSSR count). The molecule has 86 valence electrons. The molecule has 0 spiro atoms. The molecule has 1 aliphatic rings. The van der Waals surface area contributed by atoms with Gasteiger partial charge in [-0.1, -0.05) is 12.1 Å². The Hall–Kier alpha value is -1.88. The highest BCUT2D eigenvalue weighted by atomic mass is 32.1. The van der Waals surface area contributed by atoms with Crippen molar-refractivity contribution >= 4 is 22.4 Å². The lowest BCUT2D eigenvalue weighted by atomic mass is 10.1. The minimum absolute atomic E-state index is 0.305. The molecule has 0 aliphatic heterocycles. The van der Waals surface area contributed by atoms with Crippen LogP contribution in [0, 0.1) is 0 Å². The summed E-state index contributed by atoms with van der Waals surface area (Å²) in [5, 5.41) is 0.582. The monoisotopic (exact) mass is 246 g/mol. The zero-order valence-corrected chi connectivity index (χ0v) is 10.0. The Kier molecular flexibility index (Phi) is 2.16. The Bertz CT molecular complexity index is 619. The van der Waals surface area contributed by atoms with E-state index < -0.39 is 0 Å². The molecule has 0 fully saturated rings. The Morgan fingerprint density at radius 1 is 1.53 bits per heavy atom. The lowest BCUT2D eigenvalue weighted by molar-refractivity contribution is -0.131. The maximum atomic E-state index is 11.0. The number of nitrogens with zero attached hydrogens (tertiary/aromatic N) is 1. The van der Waals surface area contributed by atoms with Crippen molar-refractivity contribution in [3.8, 4) is 17.0 Å². The van der Waals surface area contributed by atoms with Crippen LogP contribution in [0.25, 0.3) is 11.3 Å². The van der Waals surface area contributed by atoms with Crippen LogP contribution in [0.1, 0.15) is 17.4 Å². The number of benzene rings is 1. The third kappa shape index (κ3) is 1.59. The average Bonchev–Trinajstić information content (AvgIpc) is 2.74. The van der Waals surface area contributed by atoms with Crippen molar-refractivity contribution in [2.24, 2.45) is 0 Å². The van der Waals surface area contributed by atoms with Crippen molar-refractivity contribution in [2.75, 3.05) is 5.73 Å². The summed E-state index contributed by atoms with van der Waals surface area (Å²) < 4.78 is 5.19. The van der Waals surface area contributed by atoms with Crippen molar-refractivity contribution in [2.45, 2.75) is 13.3 Å². The van der Waals surface area contributed by atoms with Crippen LogP contribution in [0.2, 0.25) is 0 Å². The summed E-state index contributed by atoms with van der Waals surface area (Å²) in [5.74, 6) is 0.319. The van der Waals surface area contributed by atoms with E-state index in [2.05, 4.69) is 4.98 Å². The Morgan fingerprint density at radius 2 is 2.35 bits per heavy atom. The van der Waals surface area contributed by atoms with Gasteiger partial charge in [-0.2, -0.15) is 0 Å². The topological polar surface area (TPSA) is 65.2 Å². The first-order chi connectivity index (χ1) is 8.15. The SMILES string of the molecule is CC(=O)Oc1cccc2c1Cc1sc(N)nc1-2. The van der Waals surface area contributed by atoms with E-state index in [1.807, 2.05) is 12.1 Å². The number of fused-ring (bicyclic) bond motifs is 3. The minimum Gasteiger partial charge on any atom is -0.426 e. The molecule has 1 aromatic carbocycles. The van der Waals surface area contributed by atoms with Gasteiger partial charge in [-0.05, 0) is 6.07 Å². The number of carbonyl (C=O) groups is 1. The summed E-state index contributed by atoms with van der Waals surface area (Å²) in [6, 6.07) is 5.65. The molecule has 1 aliphatic carbocycles. The lowest BCUT2D eigenvalue weighted by Gasteiger charge is -2.07. The number of ether oxygens (including phenoxy) is 1. The predicted molar refractivity (Wildman–Crippen MR) is 66.1 cm³/mol. The van der Waals surface area contributed by atoms with E-state index in [9.17, 15) is 4.79 Å². The summed E-state index contributed by atoms with van der Waals surface area (Å²) in [6.07, 6.45) is 0.739. The van der Waals surface area contributed by atoms with E-state index in [4.69, 9.17) is 10.5 Å². The summed E-state index contributed by atoms with van der Waals surface area (Å²) in [6.45, 7) is 1.40. The third-order valence-electron chi connectivity index (χ3n) is 2.69. The summed E-state index contributed by atoms with van der Waals surface area (Å²) in [5.41, 5.74) is 8.66. The van der Waals surface area contributed by atoms with Gasteiger partial charge in [0.05, 0.1) is 5.69 Å². The predicted octanol–water partition coefficient (Wildman–Crippen LogP) is 2.22. The van der Waals surface area contributed by atoms with Crippen molar-refractivity contribution in [1.29, 1.82) is 0 Å². The molecule has 0 saturated heterocycles. The number of nitrogen functional groups attached to an aromatic ring is 1. The maximum Gasteiger partial charge on any atom is 0.308 e. The fourth-order valence-electron chi connectivity index (χ4n) is 2.08. The molecule has 5 heteroatoms. The summed E-state index contributed by atoms with van der Waals surface area (Å²) >= 11 is 1.49. The van der Waals surface area contributed by atoms with Gasteiger partial charge in [-0.25, -0.2) is 4.98 Å². The van der Waals surface area contributed by atoms with Gasteiger partial charge in [-0.15, -0.1) is 11.3 Å². The van der Waals surface area contributed by atoms with E-state index in [0.29, 0.717) is 10.9 Å². The van der Waals surface area contributed by atoms with Crippen LogP contribution < -0.4 is 10.5 Å². The van der Waals surface area contributed by atoms with Crippen LogP contribution in [-0.4, -0.2) is 11.0 Å². The molecule has 4 nitrogen and oxygen atoms in total. The summed E-state index contributed by atoms with van der Waals surface area (Å²) in [4.78, 5) is 16.5. The number of rotatable bonds is 1. The van der Waals surface area contributed by atoms with Crippen LogP contribution in [0.15, 0.2) is 18.2 Å². The number of thiazole rings is 1. The molecular formula is C12H10N2O2S. The number of carbonyl (C=O) groups excluding carboxylic acids is 1. The second-order valence-corrected chi connectivity index (χ2v) is 4.99. The highest BCUT2D eigenvalue weighted by Gasteiger charge is 2.25. The zero-order chi connectivity index (χ0) is 12.0. The molecule has 0 atom stereocenters. The maximum absolute atomic E-state index is 11.0. The lowest BCUT2D eigenvalue weighted by Crippen LogP contribution is -2.03. The molecule has 2 aromatic rings. The fourth-order valence-corrected chi connectivity index (χ4v) is 2.94. The first kappa shape index (κ1) is 10.3. The van der Waals surface area contributed by atoms with Crippen LogP contribution in [-0.2, 0) is 11.2 Å². The molecule has 2 N–H and O–H groups in total. The largest absolute Gasteiger partial charge is 0.426 e. The normalized spacial score (nSPS) is 12.1. The molecule has 17 heavy (non-hydrogen) atoms. The highest BCUT2D eigenvalue weighted by Crippen LogP contribution is 2.43. The van der Waals surface area contributed by atoms with E-state index in [1.54, 1.807) is 6.07 Å². The number of aromatic nitrogens is 1. The molecular weight excluding hydrogens is 236 g/mol. The number of nitrogens with two attached hydrogens (primary N) is 1. The van der Waals surface area contributed by atoms with Gasteiger partial charge in [0.2, 0.25) is 0 Å². The third-order valence-corrected chi connectivity index (χ3v) is 3.58. The van der Waals surface area contributed by atoms with E-state index in [-0.39, 0.29) is 5.97 Å². The zero-order valence-electron chi connectivity index (χ0n) is 9.19. The van der Waals surface area contributed by atoms with Gasteiger partial charge >= 0.3 is 5.97 Å². The first-order valence-corrected chi connectivity index (χ1v) is 6.02. The van der Waals surface area contributed by atoms with Crippen molar-refractivity contribution in [1.82, 2.24) is 4.98 Å². The van der Waals surface area contributed by atoms with Gasteiger partial charge in [-0.3, -0.25) is 4.79 Å². The molecule has 1 aromatic heterocycles. The van der Waals surface area contributed by atoms with Gasteiger partial charge in [0, 0.05) is 29.3 Å².